The third kappa shape index (κ3) is 6.19. The number of esters is 1. The van der Waals surface area contributed by atoms with Crippen LogP contribution < -0.4 is 5.32 Å². The Bertz CT molecular complexity index is 871. The monoisotopic (exact) mass is 436 g/mol. The van der Waals surface area contributed by atoms with Crippen molar-refractivity contribution in [2.24, 2.45) is 11.8 Å². The van der Waals surface area contributed by atoms with Crippen LogP contribution >= 0.6 is 0 Å². The van der Waals surface area contributed by atoms with Gasteiger partial charge < -0.3 is 15.0 Å². The molecular weight excluding hydrogens is 400 g/mol. The number of nitrogens with zero attached hydrogens (tertiary/aromatic N) is 1. The molecule has 1 N–H and O–H groups in total. The first-order valence-corrected chi connectivity index (χ1v) is 11.7. The Balaban J connectivity index is 1.66. The number of ether oxygens (including phenoxy) is 1. The van der Waals surface area contributed by atoms with E-state index in [-0.39, 0.29) is 23.8 Å². The SMILES string of the molecule is CCOC(=O)CNC(=O)[C@@H](Cc1ccccc1)CN1CC[C@@](C)(c2ccccc2)C(C)C1. The van der Waals surface area contributed by atoms with E-state index < -0.39 is 5.97 Å². The molecule has 0 bridgehead atoms. The van der Waals surface area contributed by atoms with E-state index >= 15 is 0 Å². The van der Waals surface area contributed by atoms with Crippen LogP contribution in [0.25, 0.3) is 0 Å². The number of carbonyl (C=O) groups is 2. The van der Waals surface area contributed by atoms with Crippen molar-refractivity contribution < 1.29 is 14.3 Å². The van der Waals surface area contributed by atoms with Gasteiger partial charge in [0.25, 0.3) is 0 Å². The van der Waals surface area contributed by atoms with Crippen LogP contribution in [0.4, 0.5) is 0 Å². The highest BCUT2D eigenvalue weighted by Gasteiger charge is 2.38. The molecule has 2 aromatic carbocycles. The maximum absolute atomic E-state index is 13.0. The number of rotatable bonds is 9. The summed E-state index contributed by atoms with van der Waals surface area (Å²) in [5.41, 5.74) is 2.65. The summed E-state index contributed by atoms with van der Waals surface area (Å²) in [7, 11) is 0. The van der Waals surface area contributed by atoms with Gasteiger partial charge in [0.1, 0.15) is 6.54 Å². The fraction of sp³-hybridized carbons (Fsp3) is 0.481. The lowest BCUT2D eigenvalue weighted by Crippen LogP contribution is -2.50. The zero-order chi connectivity index (χ0) is 23.0. The van der Waals surface area contributed by atoms with E-state index in [0.29, 0.717) is 25.5 Å². The van der Waals surface area contributed by atoms with Crippen LogP contribution in [0.15, 0.2) is 60.7 Å². The van der Waals surface area contributed by atoms with Gasteiger partial charge in [-0.05, 0) is 48.8 Å². The van der Waals surface area contributed by atoms with Gasteiger partial charge in [0.05, 0.1) is 12.5 Å². The Kier molecular flexibility index (Phi) is 8.46. The number of nitrogens with one attached hydrogen (secondary N) is 1. The maximum Gasteiger partial charge on any atom is 0.325 e. The molecule has 32 heavy (non-hydrogen) atoms. The van der Waals surface area contributed by atoms with E-state index in [2.05, 4.69) is 66.5 Å². The van der Waals surface area contributed by atoms with Gasteiger partial charge in [-0.15, -0.1) is 0 Å². The average molecular weight is 437 g/mol. The van der Waals surface area contributed by atoms with Crippen LogP contribution in [0.1, 0.15) is 38.3 Å². The summed E-state index contributed by atoms with van der Waals surface area (Å²) in [4.78, 5) is 27.1. The molecule has 1 heterocycles. The minimum Gasteiger partial charge on any atom is -0.465 e. The molecular formula is C27H36N2O3. The largest absolute Gasteiger partial charge is 0.465 e. The second-order valence-corrected chi connectivity index (χ2v) is 9.10. The van der Waals surface area contributed by atoms with Gasteiger partial charge in [-0.25, -0.2) is 0 Å². The molecule has 1 amide bonds. The maximum atomic E-state index is 13.0. The molecule has 1 aliphatic heterocycles. The molecule has 1 fully saturated rings. The predicted molar refractivity (Wildman–Crippen MR) is 127 cm³/mol. The number of amides is 1. The summed E-state index contributed by atoms with van der Waals surface area (Å²) in [6.45, 7) is 9.24. The predicted octanol–water partition coefficient (Wildman–Crippen LogP) is 3.82. The van der Waals surface area contributed by atoms with E-state index in [1.54, 1.807) is 6.92 Å². The van der Waals surface area contributed by atoms with Crippen LogP contribution in [-0.4, -0.2) is 49.6 Å². The van der Waals surface area contributed by atoms with Gasteiger partial charge in [0.2, 0.25) is 5.91 Å². The molecule has 172 valence electrons. The minimum absolute atomic E-state index is 0.0829. The van der Waals surface area contributed by atoms with Crippen LogP contribution in [-0.2, 0) is 26.2 Å². The van der Waals surface area contributed by atoms with Gasteiger partial charge in [0, 0.05) is 13.1 Å². The van der Waals surface area contributed by atoms with Crippen molar-refractivity contribution in [2.45, 2.75) is 39.0 Å². The third-order valence-electron chi connectivity index (χ3n) is 6.89. The van der Waals surface area contributed by atoms with Gasteiger partial charge in [-0.2, -0.15) is 0 Å². The summed E-state index contributed by atoms with van der Waals surface area (Å²) >= 11 is 0. The van der Waals surface area contributed by atoms with Crippen molar-refractivity contribution in [3.8, 4) is 0 Å². The van der Waals surface area contributed by atoms with Gasteiger partial charge in [-0.3, -0.25) is 9.59 Å². The van der Waals surface area contributed by atoms with Crippen LogP contribution in [0.5, 0.6) is 0 Å². The molecule has 0 aromatic heterocycles. The van der Waals surface area contributed by atoms with Crippen molar-refractivity contribution in [1.29, 1.82) is 0 Å². The van der Waals surface area contributed by atoms with Crippen LogP contribution in [0.3, 0.4) is 0 Å². The number of hydrogen-bond acceptors (Lipinski definition) is 4. The number of benzene rings is 2. The highest BCUT2D eigenvalue weighted by atomic mass is 16.5. The third-order valence-corrected chi connectivity index (χ3v) is 6.89. The molecule has 1 saturated heterocycles. The first kappa shape index (κ1) is 24.0. The lowest BCUT2D eigenvalue weighted by Gasteiger charge is -2.45. The Morgan fingerprint density at radius 2 is 1.78 bits per heavy atom. The highest BCUT2D eigenvalue weighted by Crippen LogP contribution is 2.39. The molecule has 0 radical (unpaired) electrons. The molecule has 5 heteroatoms. The number of hydrogen-bond donors (Lipinski definition) is 1. The van der Waals surface area contributed by atoms with E-state index in [1.165, 1.54) is 5.56 Å². The van der Waals surface area contributed by atoms with E-state index in [4.69, 9.17) is 4.74 Å². The van der Waals surface area contributed by atoms with Crippen molar-refractivity contribution in [2.75, 3.05) is 32.8 Å². The Hall–Kier alpha value is -2.66. The fourth-order valence-corrected chi connectivity index (χ4v) is 4.70. The summed E-state index contributed by atoms with van der Waals surface area (Å²) in [5.74, 6) is -0.241. The van der Waals surface area contributed by atoms with Crippen molar-refractivity contribution in [3.05, 3.63) is 71.8 Å². The Morgan fingerprint density at radius 1 is 1.12 bits per heavy atom. The van der Waals surface area contributed by atoms with E-state index in [1.807, 2.05) is 18.2 Å². The van der Waals surface area contributed by atoms with Crippen molar-refractivity contribution in [3.63, 3.8) is 0 Å². The van der Waals surface area contributed by atoms with E-state index in [9.17, 15) is 9.59 Å². The number of carbonyl (C=O) groups excluding carboxylic acids is 2. The first-order chi connectivity index (χ1) is 15.4. The molecule has 1 aliphatic rings. The summed E-state index contributed by atoms with van der Waals surface area (Å²) < 4.78 is 4.96. The Labute approximate surface area is 192 Å². The molecule has 0 aliphatic carbocycles. The second kappa shape index (κ2) is 11.3. The normalized spacial score (nSPS) is 22.2. The first-order valence-electron chi connectivity index (χ1n) is 11.7. The van der Waals surface area contributed by atoms with Gasteiger partial charge in [0.15, 0.2) is 0 Å². The van der Waals surface area contributed by atoms with Gasteiger partial charge in [-0.1, -0.05) is 74.5 Å². The lowest BCUT2D eigenvalue weighted by molar-refractivity contribution is -0.143. The zero-order valence-corrected chi connectivity index (χ0v) is 19.5. The molecule has 1 unspecified atom stereocenters. The molecule has 3 atom stereocenters. The minimum atomic E-state index is -0.399. The fourth-order valence-electron chi connectivity index (χ4n) is 4.70. The molecule has 5 nitrogen and oxygen atoms in total. The van der Waals surface area contributed by atoms with Gasteiger partial charge >= 0.3 is 5.97 Å². The average Bonchev–Trinajstić information content (AvgIpc) is 2.81. The van der Waals surface area contributed by atoms with Crippen molar-refractivity contribution >= 4 is 11.9 Å². The smallest absolute Gasteiger partial charge is 0.325 e. The lowest BCUT2D eigenvalue weighted by atomic mass is 9.68. The van der Waals surface area contributed by atoms with Crippen LogP contribution in [0.2, 0.25) is 0 Å². The Morgan fingerprint density at radius 3 is 2.41 bits per heavy atom. The standard InChI is InChI=1S/C27H36N2O3/c1-4-32-25(30)18-28-26(31)23(17-22-11-7-5-8-12-22)20-29-16-15-27(3,21(2)19-29)24-13-9-6-10-14-24/h5-14,21,23H,4,15-20H2,1-3H3,(H,28,31)/t21?,23-,27+/m0/s1. The quantitative estimate of drug-likeness (QED) is 0.607. The topological polar surface area (TPSA) is 58.6 Å². The number of piperidine rings is 1. The summed E-state index contributed by atoms with van der Waals surface area (Å²) in [5, 5.41) is 2.79. The van der Waals surface area contributed by atoms with Crippen LogP contribution in [0, 0.1) is 11.8 Å². The van der Waals surface area contributed by atoms with E-state index in [0.717, 1.165) is 25.1 Å². The molecule has 0 saturated carbocycles. The second-order valence-electron chi connectivity index (χ2n) is 9.10. The zero-order valence-electron chi connectivity index (χ0n) is 19.5. The number of likely N-dealkylation sites (tertiary alicyclic amines) is 1. The van der Waals surface area contributed by atoms with Crippen molar-refractivity contribution in [1.82, 2.24) is 10.2 Å². The molecule has 0 spiro atoms. The summed E-state index contributed by atoms with van der Waals surface area (Å²) in [6, 6.07) is 20.8. The highest BCUT2D eigenvalue weighted by molar-refractivity contribution is 5.83. The molecule has 2 aromatic rings. The molecule has 3 rings (SSSR count). The summed E-state index contributed by atoms with van der Waals surface area (Å²) in [6.07, 6.45) is 1.71.